The summed E-state index contributed by atoms with van der Waals surface area (Å²) in [5.41, 5.74) is 2.69. The number of aromatic nitrogens is 2. The van der Waals surface area contributed by atoms with Crippen molar-refractivity contribution in [2.45, 2.75) is 13.8 Å². The topological polar surface area (TPSA) is 67.8 Å². The lowest BCUT2D eigenvalue weighted by atomic mass is 10.2. The number of carbonyl (C=O) groups is 1. The van der Waals surface area contributed by atoms with Gasteiger partial charge in [0, 0.05) is 26.2 Å². The fraction of sp³-hybridized carbons (Fsp3) is 0.348. The molecule has 3 aromatic rings. The Morgan fingerprint density at radius 3 is 2.17 bits per heavy atom. The summed E-state index contributed by atoms with van der Waals surface area (Å²) < 4.78 is 11.3. The highest BCUT2D eigenvalue weighted by molar-refractivity contribution is 5.79. The monoisotopic (exact) mass is 406 g/mol. The van der Waals surface area contributed by atoms with Crippen LogP contribution in [0.2, 0.25) is 0 Å². The van der Waals surface area contributed by atoms with Crippen molar-refractivity contribution in [1.82, 2.24) is 14.9 Å². The highest BCUT2D eigenvalue weighted by Gasteiger charge is 2.24. The maximum absolute atomic E-state index is 12.6. The van der Waals surface area contributed by atoms with Crippen LogP contribution in [0.3, 0.4) is 0 Å². The molecular formula is C23H26N4O3. The molecule has 0 bridgehead atoms. The van der Waals surface area contributed by atoms with Crippen LogP contribution in [0.15, 0.2) is 48.5 Å². The van der Waals surface area contributed by atoms with Gasteiger partial charge in [0.15, 0.2) is 23.9 Å². The first-order chi connectivity index (χ1) is 14.7. The third-order valence-corrected chi connectivity index (χ3v) is 5.15. The van der Waals surface area contributed by atoms with E-state index in [1.807, 2.05) is 67.3 Å². The second kappa shape index (κ2) is 8.98. The molecule has 0 spiro atoms. The van der Waals surface area contributed by atoms with Gasteiger partial charge in [-0.1, -0.05) is 24.3 Å². The third-order valence-electron chi connectivity index (χ3n) is 5.15. The summed E-state index contributed by atoms with van der Waals surface area (Å²) >= 11 is 0. The SMILES string of the molecule is CCOc1ccccc1OCC(=O)N1CCN(c2nc3ccccc3nc2C)CC1. The molecule has 0 saturated carbocycles. The van der Waals surface area contributed by atoms with E-state index in [2.05, 4.69) is 9.88 Å². The van der Waals surface area contributed by atoms with Gasteiger partial charge in [0.2, 0.25) is 0 Å². The van der Waals surface area contributed by atoms with Gasteiger partial charge in [-0.3, -0.25) is 4.79 Å². The summed E-state index contributed by atoms with van der Waals surface area (Å²) in [5, 5.41) is 0. The number of hydrogen-bond acceptors (Lipinski definition) is 6. The summed E-state index contributed by atoms with van der Waals surface area (Å²) in [6.45, 7) is 7.14. The molecule has 156 valence electrons. The second-order valence-electron chi connectivity index (χ2n) is 7.16. The molecule has 1 fully saturated rings. The van der Waals surface area contributed by atoms with Crippen LogP contribution in [0, 0.1) is 6.92 Å². The van der Waals surface area contributed by atoms with Crippen LogP contribution in [0.5, 0.6) is 11.5 Å². The molecule has 2 heterocycles. The van der Waals surface area contributed by atoms with Gasteiger partial charge >= 0.3 is 0 Å². The van der Waals surface area contributed by atoms with Gasteiger partial charge in [-0.15, -0.1) is 0 Å². The highest BCUT2D eigenvalue weighted by atomic mass is 16.5. The number of hydrogen-bond donors (Lipinski definition) is 0. The maximum Gasteiger partial charge on any atom is 0.260 e. The third kappa shape index (κ3) is 4.30. The van der Waals surface area contributed by atoms with Gasteiger partial charge in [0.05, 0.1) is 23.3 Å². The Morgan fingerprint density at radius 2 is 1.50 bits per heavy atom. The van der Waals surface area contributed by atoms with E-state index in [0.717, 1.165) is 35.6 Å². The Bertz CT molecular complexity index is 1030. The Morgan fingerprint density at radius 1 is 0.900 bits per heavy atom. The van der Waals surface area contributed by atoms with Crippen molar-refractivity contribution >= 4 is 22.8 Å². The molecule has 30 heavy (non-hydrogen) atoms. The Kier molecular flexibility index (Phi) is 5.97. The highest BCUT2D eigenvalue weighted by Crippen LogP contribution is 2.26. The number of anilines is 1. The number of benzene rings is 2. The average molecular weight is 406 g/mol. The summed E-state index contributed by atoms with van der Waals surface area (Å²) in [6.07, 6.45) is 0. The molecule has 1 aliphatic rings. The molecule has 1 aromatic heterocycles. The summed E-state index contributed by atoms with van der Waals surface area (Å²) in [6, 6.07) is 15.3. The predicted octanol–water partition coefficient (Wildman–Crippen LogP) is 3.06. The summed E-state index contributed by atoms with van der Waals surface area (Å²) in [4.78, 5) is 26.1. The van der Waals surface area contributed by atoms with Crippen molar-refractivity contribution < 1.29 is 14.3 Å². The van der Waals surface area contributed by atoms with Crippen molar-refractivity contribution in [2.75, 3.05) is 44.3 Å². The molecule has 0 radical (unpaired) electrons. The molecule has 1 aliphatic heterocycles. The lowest BCUT2D eigenvalue weighted by Crippen LogP contribution is -2.50. The van der Waals surface area contributed by atoms with E-state index in [4.69, 9.17) is 14.5 Å². The first-order valence-corrected chi connectivity index (χ1v) is 10.3. The number of piperazine rings is 1. The largest absolute Gasteiger partial charge is 0.490 e. The van der Waals surface area contributed by atoms with E-state index in [-0.39, 0.29) is 12.5 Å². The molecule has 2 aromatic carbocycles. The van der Waals surface area contributed by atoms with E-state index in [1.54, 1.807) is 0 Å². The van der Waals surface area contributed by atoms with Crippen LogP contribution in [0.4, 0.5) is 5.82 Å². The minimum Gasteiger partial charge on any atom is -0.490 e. The second-order valence-corrected chi connectivity index (χ2v) is 7.16. The van der Waals surface area contributed by atoms with Crippen LogP contribution in [0.25, 0.3) is 11.0 Å². The number of amides is 1. The molecule has 7 nitrogen and oxygen atoms in total. The van der Waals surface area contributed by atoms with Crippen molar-refractivity contribution in [1.29, 1.82) is 0 Å². The zero-order valence-electron chi connectivity index (χ0n) is 17.4. The van der Waals surface area contributed by atoms with Crippen LogP contribution < -0.4 is 14.4 Å². The van der Waals surface area contributed by atoms with Crippen molar-refractivity contribution in [3.8, 4) is 11.5 Å². The standard InChI is InChI=1S/C23H26N4O3/c1-3-29-20-10-6-7-11-21(20)30-16-22(28)26-12-14-27(15-13-26)23-17(2)24-18-8-4-5-9-19(18)25-23/h4-11H,3,12-16H2,1-2H3. The smallest absolute Gasteiger partial charge is 0.260 e. The summed E-state index contributed by atoms with van der Waals surface area (Å²) in [7, 11) is 0. The molecule has 0 unspecified atom stereocenters. The normalized spacial score (nSPS) is 14.1. The number of nitrogens with zero attached hydrogens (tertiary/aromatic N) is 4. The quantitative estimate of drug-likeness (QED) is 0.627. The molecule has 0 aliphatic carbocycles. The van der Waals surface area contributed by atoms with Gasteiger partial charge in [-0.25, -0.2) is 9.97 Å². The number of carbonyl (C=O) groups excluding carboxylic acids is 1. The molecule has 1 amide bonds. The van der Waals surface area contributed by atoms with Gasteiger partial charge in [-0.05, 0) is 38.1 Å². The number of fused-ring (bicyclic) bond motifs is 1. The molecule has 4 rings (SSSR count). The first-order valence-electron chi connectivity index (χ1n) is 10.3. The molecule has 1 saturated heterocycles. The van der Waals surface area contributed by atoms with Crippen LogP contribution in [-0.2, 0) is 4.79 Å². The Balaban J connectivity index is 1.35. The zero-order valence-corrected chi connectivity index (χ0v) is 17.4. The van der Waals surface area contributed by atoms with Crippen LogP contribution >= 0.6 is 0 Å². The molecule has 7 heteroatoms. The average Bonchev–Trinajstić information content (AvgIpc) is 2.78. The first kappa shape index (κ1) is 19.9. The molecule has 0 N–H and O–H groups in total. The van der Waals surface area contributed by atoms with Gasteiger partial charge < -0.3 is 19.3 Å². The summed E-state index contributed by atoms with van der Waals surface area (Å²) in [5.74, 6) is 2.11. The van der Waals surface area contributed by atoms with Gasteiger partial charge in [0.25, 0.3) is 5.91 Å². The van der Waals surface area contributed by atoms with Gasteiger partial charge in [0.1, 0.15) is 0 Å². The predicted molar refractivity (Wildman–Crippen MR) is 116 cm³/mol. The number of ether oxygens (including phenoxy) is 2. The fourth-order valence-corrected chi connectivity index (χ4v) is 3.62. The van der Waals surface area contributed by atoms with Crippen LogP contribution in [-0.4, -0.2) is 60.2 Å². The van der Waals surface area contributed by atoms with E-state index in [1.165, 1.54) is 0 Å². The van der Waals surface area contributed by atoms with Crippen molar-refractivity contribution in [3.63, 3.8) is 0 Å². The number of para-hydroxylation sites is 4. The molecule has 0 atom stereocenters. The number of rotatable bonds is 6. The Labute approximate surface area is 176 Å². The molecular weight excluding hydrogens is 380 g/mol. The van der Waals surface area contributed by atoms with E-state index >= 15 is 0 Å². The van der Waals surface area contributed by atoms with E-state index in [0.29, 0.717) is 31.2 Å². The van der Waals surface area contributed by atoms with E-state index < -0.39 is 0 Å². The Hall–Kier alpha value is -3.35. The van der Waals surface area contributed by atoms with Crippen molar-refractivity contribution in [2.24, 2.45) is 0 Å². The van der Waals surface area contributed by atoms with Crippen LogP contribution in [0.1, 0.15) is 12.6 Å². The lowest BCUT2D eigenvalue weighted by Gasteiger charge is -2.35. The lowest BCUT2D eigenvalue weighted by molar-refractivity contribution is -0.133. The minimum absolute atomic E-state index is 0.00110. The maximum atomic E-state index is 12.6. The zero-order chi connectivity index (χ0) is 20.9. The minimum atomic E-state index is -0.0257. The van der Waals surface area contributed by atoms with E-state index in [9.17, 15) is 4.79 Å². The van der Waals surface area contributed by atoms with Gasteiger partial charge in [-0.2, -0.15) is 0 Å². The van der Waals surface area contributed by atoms with Crippen molar-refractivity contribution in [3.05, 3.63) is 54.2 Å². The fourth-order valence-electron chi connectivity index (χ4n) is 3.62. The number of aryl methyl sites for hydroxylation is 1.